The Balaban J connectivity index is 1.98. The lowest BCUT2D eigenvalue weighted by Crippen LogP contribution is -2.15. The number of anilines is 1. The van der Waals surface area contributed by atoms with Crippen LogP contribution in [-0.2, 0) is 7.05 Å². The maximum Gasteiger partial charge on any atom is 0.272 e. The number of amides is 1. The number of aromatic nitrogens is 1. The summed E-state index contributed by atoms with van der Waals surface area (Å²) in [5, 5.41) is 2.98. The molecule has 0 aliphatic carbocycles. The second-order valence-electron chi connectivity index (χ2n) is 4.73. The van der Waals surface area contributed by atoms with E-state index in [1.807, 2.05) is 0 Å². The third-order valence-corrected chi connectivity index (χ3v) is 3.35. The monoisotopic (exact) mass is 286 g/mol. The van der Waals surface area contributed by atoms with Gasteiger partial charge in [-0.05, 0) is 36.4 Å². The average Bonchev–Trinajstić information content (AvgIpc) is 2.78. The molecule has 1 amide bonds. The molecule has 0 saturated heterocycles. The third-order valence-electron chi connectivity index (χ3n) is 3.35. The van der Waals surface area contributed by atoms with Crippen LogP contribution in [0.5, 0.6) is 0 Å². The molecule has 3 rings (SSSR count). The Kier molecular flexibility index (Phi) is 3.17. The van der Waals surface area contributed by atoms with Gasteiger partial charge < -0.3 is 9.88 Å². The molecule has 0 aliphatic rings. The van der Waals surface area contributed by atoms with E-state index in [1.54, 1.807) is 29.8 Å². The molecule has 0 aliphatic heterocycles. The van der Waals surface area contributed by atoms with Crippen LogP contribution >= 0.6 is 0 Å². The van der Waals surface area contributed by atoms with Gasteiger partial charge in [-0.25, -0.2) is 8.78 Å². The number of rotatable bonds is 2. The summed E-state index contributed by atoms with van der Waals surface area (Å²) in [6, 6.07) is 11.8. The number of nitrogens with zero attached hydrogens (tertiary/aromatic N) is 1. The minimum absolute atomic E-state index is 0.305. The zero-order valence-electron chi connectivity index (χ0n) is 11.2. The maximum absolute atomic E-state index is 13.7. The van der Waals surface area contributed by atoms with E-state index >= 15 is 0 Å². The minimum atomic E-state index is -0.434. The fraction of sp³-hybridized carbons (Fsp3) is 0.0625. The van der Waals surface area contributed by atoms with Crippen LogP contribution in [0.15, 0.2) is 48.5 Å². The SMILES string of the molecule is Cn1c(C(=O)Nc2cccc(F)c2)cc2c(F)cccc21. The molecular formula is C16H12F2N2O. The Morgan fingerprint density at radius 2 is 1.86 bits per heavy atom. The van der Waals surface area contributed by atoms with Gasteiger partial charge in [0.15, 0.2) is 0 Å². The van der Waals surface area contributed by atoms with Gasteiger partial charge >= 0.3 is 0 Å². The highest BCUT2D eigenvalue weighted by molar-refractivity contribution is 6.06. The Bertz CT molecular complexity index is 839. The summed E-state index contributed by atoms with van der Waals surface area (Å²) >= 11 is 0. The Morgan fingerprint density at radius 3 is 2.57 bits per heavy atom. The molecule has 1 aromatic heterocycles. The van der Waals surface area contributed by atoms with Gasteiger partial charge in [-0.2, -0.15) is 0 Å². The molecule has 0 saturated carbocycles. The van der Waals surface area contributed by atoms with Gasteiger partial charge in [-0.1, -0.05) is 12.1 Å². The molecule has 2 aromatic carbocycles. The molecule has 3 nitrogen and oxygen atoms in total. The topological polar surface area (TPSA) is 34.0 Å². The van der Waals surface area contributed by atoms with E-state index in [0.29, 0.717) is 22.3 Å². The molecule has 3 aromatic rings. The van der Waals surface area contributed by atoms with E-state index in [1.165, 1.54) is 30.3 Å². The molecule has 0 bridgehead atoms. The lowest BCUT2D eigenvalue weighted by atomic mass is 10.2. The van der Waals surface area contributed by atoms with Crippen LogP contribution in [0.25, 0.3) is 10.9 Å². The highest BCUT2D eigenvalue weighted by atomic mass is 19.1. The molecule has 0 radical (unpaired) electrons. The average molecular weight is 286 g/mol. The normalized spacial score (nSPS) is 10.8. The van der Waals surface area contributed by atoms with Crippen molar-refractivity contribution in [2.24, 2.45) is 7.05 Å². The molecule has 21 heavy (non-hydrogen) atoms. The van der Waals surface area contributed by atoms with Gasteiger partial charge in [0, 0.05) is 18.1 Å². The number of fused-ring (bicyclic) bond motifs is 1. The Morgan fingerprint density at radius 1 is 1.10 bits per heavy atom. The summed E-state index contributed by atoms with van der Waals surface area (Å²) in [5.41, 5.74) is 1.28. The van der Waals surface area contributed by atoms with Crippen molar-refractivity contribution in [1.82, 2.24) is 4.57 Å². The number of benzene rings is 2. The van der Waals surface area contributed by atoms with E-state index in [2.05, 4.69) is 5.32 Å². The number of aryl methyl sites for hydroxylation is 1. The molecule has 0 spiro atoms. The van der Waals surface area contributed by atoms with Gasteiger partial charge in [-0.3, -0.25) is 4.79 Å². The van der Waals surface area contributed by atoms with Crippen LogP contribution in [0.2, 0.25) is 0 Å². The van der Waals surface area contributed by atoms with Crippen LogP contribution in [0.4, 0.5) is 14.5 Å². The predicted octanol–water partition coefficient (Wildman–Crippen LogP) is 3.71. The van der Waals surface area contributed by atoms with Crippen LogP contribution in [0, 0.1) is 11.6 Å². The van der Waals surface area contributed by atoms with Gasteiger partial charge in [0.1, 0.15) is 17.3 Å². The largest absolute Gasteiger partial charge is 0.340 e. The number of halogens is 2. The van der Waals surface area contributed by atoms with Crippen molar-refractivity contribution in [3.63, 3.8) is 0 Å². The summed E-state index contributed by atoms with van der Waals surface area (Å²) in [5.74, 6) is -1.23. The molecule has 1 heterocycles. The molecule has 0 unspecified atom stereocenters. The first-order valence-electron chi connectivity index (χ1n) is 6.37. The summed E-state index contributed by atoms with van der Waals surface area (Å²) in [7, 11) is 1.68. The van der Waals surface area contributed by atoms with Gasteiger partial charge in [-0.15, -0.1) is 0 Å². The van der Waals surface area contributed by atoms with Crippen molar-refractivity contribution in [2.45, 2.75) is 0 Å². The second kappa shape index (κ2) is 5.01. The summed E-state index contributed by atoms with van der Waals surface area (Å²) < 4.78 is 28.4. The van der Waals surface area contributed by atoms with Gasteiger partial charge in [0.25, 0.3) is 5.91 Å². The quantitative estimate of drug-likeness (QED) is 0.765. The van der Waals surface area contributed by atoms with Crippen molar-refractivity contribution in [1.29, 1.82) is 0 Å². The number of nitrogens with one attached hydrogen (secondary N) is 1. The van der Waals surface area contributed by atoms with Crippen LogP contribution < -0.4 is 5.32 Å². The highest BCUT2D eigenvalue weighted by Crippen LogP contribution is 2.22. The molecule has 5 heteroatoms. The zero-order valence-corrected chi connectivity index (χ0v) is 11.2. The van der Waals surface area contributed by atoms with Gasteiger partial charge in [0.05, 0.1) is 5.52 Å². The second-order valence-corrected chi connectivity index (χ2v) is 4.73. The van der Waals surface area contributed by atoms with Crippen molar-refractivity contribution in [3.05, 3.63) is 65.9 Å². The minimum Gasteiger partial charge on any atom is -0.340 e. The Hall–Kier alpha value is -2.69. The number of carbonyl (C=O) groups is 1. The van der Waals surface area contributed by atoms with Crippen molar-refractivity contribution in [2.75, 3.05) is 5.32 Å². The summed E-state index contributed by atoms with van der Waals surface area (Å²) in [6.07, 6.45) is 0. The van der Waals surface area contributed by atoms with E-state index in [9.17, 15) is 13.6 Å². The first-order chi connectivity index (χ1) is 10.1. The fourth-order valence-electron chi connectivity index (χ4n) is 2.30. The first-order valence-corrected chi connectivity index (χ1v) is 6.37. The van der Waals surface area contributed by atoms with E-state index < -0.39 is 11.7 Å². The standard InChI is InChI=1S/C16H12F2N2O/c1-20-14-7-3-6-13(18)12(14)9-15(20)16(21)19-11-5-2-4-10(17)8-11/h2-9H,1H3,(H,19,21). The zero-order chi connectivity index (χ0) is 15.0. The third kappa shape index (κ3) is 2.38. The number of carbonyl (C=O) groups excluding carboxylic acids is 1. The lowest BCUT2D eigenvalue weighted by Gasteiger charge is -2.06. The molecule has 106 valence electrons. The fourth-order valence-corrected chi connectivity index (χ4v) is 2.30. The van der Waals surface area contributed by atoms with Crippen molar-refractivity contribution >= 4 is 22.5 Å². The smallest absolute Gasteiger partial charge is 0.272 e. The predicted molar refractivity (Wildman–Crippen MR) is 77.2 cm³/mol. The molecule has 1 N–H and O–H groups in total. The number of hydrogen-bond acceptors (Lipinski definition) is 1. The molecule has 0 fully saturated rings. The van der Waals surface area contributed by atoms with Crippen LogP contribution in [0.1, 0.15) is 10.5 Å². The van der Waals surface area contributed by atoms with E-state index in [0.717, 1.165) is 0 Å². The lowest BCUT2D eigenvalue weighted by molar-refractivity contribution is 0.102. The number of hydrogen-bond donors (Lipinski definition) is 1. The van der Waals surface area contributed by atoms with E-state index in [-0.39, 0.29) is 5.82 Å². The molecule has 0 atom stereocenters. The maximum atomic E-state index is 13.7. The summed E-state index contributed by atoms with van der Waals surface area (Å²) in [4.78, 5) is 12.3. The van der Waals surface area contributed by atoms with E-state index in [4.69, 9.17) is 0 Å². The van der Waals surface area contributed by atoms with Crippen LogP contribution in [-0.4, -0.2) is 10.5 Å². The highest BCUT2D eigenvalue weighted by Gasteiger charge is 2.15. The van der Waals surface area contributed by atoms with Crippen LogP contribution in [0.3, 0.4) is 0 Å². The summed E-state index contributed by atoms with van der Waals surface area (Å²) in [6.45, 7) is 0. The Labute approximate surface area is 119 Å². The van der Waals surface area contributed by atoms with Crippen molar-refractivity contribution < 1.29 is 13.6 Å². The first kappa shape index (κ1) is 13.3. The van der Waals surface area contributed by atoms with Gasteiger partial charge in [0.2, 0.25) is 0 Å². The molecular weight excluding hydrogens is 274 g/mol. The van der Waals surface area contributed by atoms with Crippen molar-refractivity contribution in [3.8, 4) is 0 Å².